The number of aromatic nitrogens is 4. The molecule has 0 unspecified atom stereocenters. The van der Waals surface area contributed by atoms with Crippen molar-refractivity contribution < 1.29 is 14.3 Å². The SMILES string of the molecule is Cc1nc([C@@H]2CCN(C(=O)CCn3cnc4ccccc43)C2)ncc1C(=O)N1CCOCC1. The predicted molar refractivity (Wildman–Crippen MR) is 122 cm³/mol. The van der Waals surface area contributed by atoms with Crippen molar-refractivity contribution in [3.63, 3.8) is 0 Å². The molecule has 0 N–H and O–H groups in total. The van der Waals surface area contributed by atoms with Gasteiger partial charge in [-0.3, -0.25) is 9.59 Å². The molecule has 2 aromatic heterocycles. The van der Waals surface area contributed by atoms with E-state index in [2.05, 4.69) is 15.0 Å². The maximum Gasteiger partial charge on any atom is 0.257 e. The van der Waals surface area contributed by atoms with Crippen molar-refractivity contribution in [1.82, 2.24) is 29.3 Å². The number of likely N-dealkylation sites (tertiary alicyclic amines) is 1. The Morgan fingerprint density at radius 3 is 2.73 bits per heavy atom. The Hall–Kier alpha value is -3.33. The fraction of sp³-hybridized carbons (Fsp3) is 0.458. The Labute approximate surface area is 192 Å². The van der Waals surface area contributed by atoms with Crippen molar-refractivity contribution in [2.24, 2.45) is 0 Å². The van der Waals surface area contributed by atoms with Crippen LogP contribution in [0.2, 0.25) is 0 Å². The van der Waals surface area contributed by atoms with Gasteiger partial charge in [-0.2, -0.15) is 0 Å². The molecule has 172 valence electrons. The van der Waals surface area contributed by atoms with Gasteiger partial charge in [0.05, 0.1) is 41.8 Å². The van der Waals surface area contributed by atoms with Crippen molar-refractivity contribution in [1.29, 1.82) is 0 Å². The maximum absolute atomic E-state index is 12.8. The molecule has 2 aliphatic rings. The van der Waals surface area contributed by atoms with E-state index in [0.29, 0.717) is 69.4 Å². The third-order valence-electron chi connectivity index (χ3n) is 6.53. The van der Waals surface area contributed by atoms with Gasteiger partial charge in [0.25, 0.3) is 5.91 Å². The zero-order valence-electron chi connectivity index (χ0n) is 18.8. The van der Waals surface area contributed by atoms with Crippen molar-refractivity contribution >= 4 is 22.8 Å². The molecule has 33 heavy (non-hydrogen) atoms. The van der Waals surface area contributed by atoms with E-state index in [4.69, 9.17) is 4.74 Å². The van der Waals surface area contributed by atoms with Gasteiger partial charge in [0, 0.05) is 51.3 Å². The summed E-state index contributed by atoms with van der Waals surface area (Å²) in [5.74, 6) is 0.889. The standard InChI is InChI=1S/C24H28N6O3/c1-17-19(24(32)28-10-12-33-13-11-28)14-25-23(27-17)18-6-8-29(15-18)22(31)7-9-30-16-26-20-4-2-3-5-21(20)30/h2-5,14,16,18H,6-13,15H2,1H3/t18-/m1/s1. The number of imidazole rings is 1. The molecule has 2 saturated heterocycles. The van der Waals surface area contributed by atoms with Crippen LogP contribution in [0.4, 0.5) is 0 Å². The summed E-state index contributed by atoms with van der Waals surface area (Å²) in [6.07, 6.45) is 4.70. The number of hydrogen-bond acceptors (Lipinski definition) is 6. The van der Waals surface area contributed by atoms with E-state index in [1.54, 1.807) is 17.4 Å². The number of carbonyl (C=O) groups is 2. The monoisotopic (exact) mass is 448 g/mol. The predicted octanol–water partition coefficient (Wildman–Crippen LogP) is 2.01. The van der Waals surface area contributed by atoms with E-state index in [1.165, 1.54) is 0 Å². The highest BCUT2D eigenvalue weighted by molar-refractivity contribution is 5.95. The molecule has 2 fully saturated rings. The van der Waals surface area contributed by atoms with Crippen LogP contribution in [0.25, 0.3) is 11.0 Å². The summed E-state index contributed by atoms with van der Waals surface area (Å²) in [6, 6.07) is 7.94. The number of benzene rings is 1. The van der Waals surface area contributed by atoms with Gasteiger partial charge in [0.15, 0.2) is 0 Å². The van der Waals surface area contributed by atoms with E-state index in [1.807, 2.05) is 40.7 Å². The molecule has 3 aromatic rings. The molecule has 0 radical (unpaired) electrons. The molecule has 2 aliphatic heterocycles. The minimum atomic E-state index is -0.0439. The number of carbonyl (C=O) groups excluding carboxylic acids is 2. The summed E-state index contributed by atoms with van der Waals surface area (Å²) in [4.78, 5) is 42.8. The molecule has 5 rings (SSSR count). The maximum atomic E-state index is 12.8. The summed E-state index contributed by atoms with van der Waals surface area (Å²) in [5.41, 5.74) is 3.21. The van der Waals surface area contributed by atoms with Crippen LogP contribution in [0.3, 0.4) is 0 Å². The van der Waals surface area contributed by atoms with E-state index in [-0.39, 0.29) is 17.7 Å². The minimum Gasteiger partial charge on any atom is -0.378 e. The van der Waals surface area contributed by atoms with Gasteiger partial charge < -0.3 is 19.1 Å². The number of hydrogen-bond donors (Lipinski definition) is 0. The highest BCUT2D eigenvalue weighted by atomic mass is 16.5. The summed E-state index contributed by atoms with van der Waals surface area (Å²) in [7, 11) is 0. The van der Waals surface area contributed by atoms with Crippen LogP contribution >= 0.6 is 0 Å². The molecule has 0 bridgehead atoms. The first-order valence-corrected chi connectivity index (χ1v) is 11.5. The lowest BCUT2D eigenvalue weighted by atomic mass is 10.1. The first-order valence-electron chi connectivity index (χ1n) is 11.5. The second kappa shape index (κ2) is 9.27. The van der Waals surface area contributed by atoms with E-state index in [9.17, 15) is 9.59 Å². The second-order valence-electron chi connectivity index (χ2n) is 8.63. The fourth-order valence-corrected chi connectivity index (χ4v) is 4.59. The molecule has 0 spiro atoms. The normalized spacial score (nSPS) is 18.8. The number of para-hydroxylation sites is 2. The number of rotatable bonds is 5. The minimum absolute atomic E-state index is 0.0439. The first-order chi connectivity index (χ1) is 16.1. The molecule has 0 aliphatic carbocycles. The lowest BCUT2D eigenvalue weighted by Crippen LogP contribution is -2.41. The van der Waals surface area contributed by atoms with Gasteiger partial charge in [-0.25, -0.2) is 15.0 Å². The molecule has 9 heteroatoms. The zero-order valence-corrected chi connectivity index (χ0v) is 18.8. The fourth-order valence-electron chi connectivity index (χ4n) is 4.59. The Bertz CT molecular complexity index is 1170. The highest BCUT2D eigenvalue weighted by Gasteiger charge is 2.30. The van der Waals surface area contributed by atoms with Gasteiger partial charge in [-0.15, -0.1) is 0 Å². The van der Waals surface area contributed by atoms with Gasteiger partial charge in [-0.05, 0) is 25.5 Å². The first kappa shape index (κ1) is 21.5. The van der Waals surface area contributed by atoms with Crippen molar-refractivity contribution in [2.75, 3.05) is 39.4 Å². The van der Waals surface area contributed by atoms with Crippen LogP contribution in [-0.2, 0) is 16.1 Å². The van der Waals surface area contributed by atoms with Gasteiger partial charge in [-0.1, -0.05) is 12.1 Å². The van der Waals surface area contributed by atoms with E-state index >= 15 is 0 Å². The number of aryl methyl sites for hydroxylation is 2. The number of fused-ring (bicyclic) bond motifs is 1. The van der Waals surface area contributed by atoms with Crippen molar-refractivity contribution in [2.45, 2.75) is 32.2 Å². The summed E-state index contributed by atoms with van der Waals surface area (Å²) >= 11 is 0. The average molecular weight is 449 g/mol. The molecule has 9 nitrogen and oxygen atoms in total. The molecular weight excluding hydrogens is 420 g/mol. The van der Waals surface area contributed by atoms with Crippen molar-refractivity contribution in [3.05, 3.63) is 53.9 Å². The van der Waals surface area contributed by atoms with Gasteiger partial charge in [0.2, 0.25) is 5.91 Å². The average Bonchev–Trinajstić information content (AvgIpc) is 3.50. The number of nitrogens with zero attached hydrogens (tertiary/aromatic N) is 6. The molecular formula is C24H28N6O3. The van der Waals surface area contributed by atoms with Gasteiger partial charge in [0.1, 0.15) is 5.82 Å². The Balaban J connectivity index is 1.19. The molecule has 1 aromatic carbocycles. The lowest BCUT2D eigenvalue weighted by molar-refractivity contribution is -0.130. The quantitative estimate of drug-likeness (QED) is 0.593. The lowest BCUT2D eigenvalue weighted by Gasteiger charge is -2.27. The highest BCUT2D eigenvalue weighted by Crippen LogP contribution is 2.26. The topological polar surface area (TPSA) is 93.5 Å². The largest absolute Gasteiger partial charge is 0.378 e. The Morgan fingerprint density at radius 1 is 1.09 bits per heavy atom. The zero-order chi connectivity index (χ0) is 22.8. The van der Waals surface area contributed by atoms with Crippen LogP contribution < -0.4 is 0 Å². The van der Waals surface area contributed by atoms with Crippen LogP contribution in [0, 0.1) is 6.92 Å². The Kier molecular flexibility index (Phi) is 6.04. The van der Waals surface area contributed by atoms with Crippen LogP contribution in [0.1, 0.15) is 40.6 Å². The van der Waals surface area contributed by atoms with Gasteiger partial charge >= 0.3 is 0 Å². The second-order valence-corrected chi connectivity index (χ2v) is 8.63. The third-order valence-corrected chi connectivity index (χ3v) is 6.53. The summed E-state index contributed by atoms with van der Waals surface area (Å²) in [5, 5.41) is 0. The van der Waals surface area contributed by atoms with E-state index in [0.717, 1.165) is 17.5 Å². The Morgan fingerprint density at radius 2 is 1.91 bits per heavy atom. The third kappa shape index (κ3) is 4.45. The number of morpholine rings is 1. The molecule has 1 atom stereocenters. The van der Waals surface area contributed by atoms with E-state index < -0.39 is 0 Å². The number of ether oxygens (including phenoxy) is 1. The summed E-state index contributed by atoms with van der Waals surface area (Å²) < 4.78 is 7.35. The van der Waals surface area contributed by atoms with Crippen LogP contribution in [-0.4, -0.2) is 80.5 Å². The van der Waals surface area contributed by atoms with Crippen LogP contribution in [0.5, 0.6) is 0 Å². The van der Waals surface area contributed by atoms with Crippen LogP contribution in [0.15, 0.2) is 36.8 Å². The molecule has 0 saturated carbocycles. The summed E-state index contributed by atoms with van der Waals surface area (Å²) in [6.45, 7) is 6.08. The number of amides is 2. The smallest absolute Gasteiger partial charge is 0.257 e. The molecule has 4 heterocycles. The van der Waals surface area contributed by atoms with Crippen molar-refractivity contribution in [3.8, 4) is 0 Å². The molecule has 2 amide bonds.